The molecule has 1 amide bonds. The minimum absolute atomic E-state index is 0.0389. The minimum Gasteiger partial charge on any atom is -0.366 e. The molecule has 0 saturated heterocycles. The Bertz CT molecular complexity index is 926. The first kappa shape index (κ1) is 18.0. The number of thiocarbonyl (C=S) groups is 1. The van der Waals surface area contributed by atoms with Gasteiger partial charge in [-0.05, 0) is 47.6 Å². The summed E-state index contributed by atoms with van der Waals surface area (Å²) in [4.78, 5) is 22.6. The molecule has 3 rings (SSSR count). The molecular formula is C17H13BrN4O3S. The molecule has 1 heterocycles. The molecule has 0 aromatic heterocycles. The molecule has 0 fully saturated rings. The van der Waals surface area contributed by atoms with Gasteiger partial charge in [0, 0.05) is 16.6 Å². The summed E-state index contributed by atoms with van der Waals surface area (Å²) in [7, 11) is 0. The van der Waals surface area contributed by atoms with Crippen LogP contribution in [0.1, 0.15) is 17.2 Å². The normalized spacial score (nSPS) is 16.7. The molecule has 0 spiro atoms. The van der Waals surface area contributed by atoms with Crippen molar-refractivity contribution in [2.24, 2.45) is 5.73 Å². The first-order valence-corrected chi connectivity index (χ1v) is 8.68. The van der Waals surface area contributed by atoms with Crippen LogP contribution in [0.5, 0.6) is 0 Å². The Kier molecular flexibility index (Phi) is 5.01. The topological polar surface area (TPSA) is 110 Å². The van der Waals surface area contributed by atoms with Gasteiger partial charge in [-0.1, -0.05) is 28.1 Å². The molecule has 7 nitrogen and oxygen atoms in total. The number of hydrogen-bond donors (Lipinski definition) is 3. The molecule has 1 aliphatic heterocycles. The van der Waals surface area contributed by atoms with Crippen LogP contribution in [0.15, 0.2) is 58.6 Å². The molecule has 4 N–H and O–H groups in total. The van der Waals surface area contributed by atoms with Crippen molar-refractivity contribution in [2.45, 2.75) is 6.04 Å². The van der Waals surface area contributed by atoms with Gasteiger partial charge in [0.15, 0.2) is 5.11 Å². The molecule has 132 valence electrons. The Hall–Kier alpha value is -2.78. The highest BCUT2D eigenvalue weighted by molar-refractivity contribution is 9.10. The summed E-state index contributed by atoms with van der Waals surface area (Å²) in [6.07, 6.45) is 0. The number of amides is 1. The number of primary amides is 1. The Morgan fingerprint density at radius 3 is 2.31 bits per heavy atom. The van der Waals surface area contributed by atoms with Crippen molar-refractivity contribution in [2.75, 3.05) is 0 Å². The van der Waals surface area contributed by atoms with E-state index in [2.05, 4.69) is 26.6 Å². The number of non-ortho nitro benzene ring substituents is 1. The molecule has 1 unspecified atom stereocenters. The number of nitrogens with zero attached hydrogens (tertiary/aromatic N) is 1. The molecule has 0 radical (unpaired) electrons. The molecule has 0 saturated carbocycles. The maximum absolute atomic E-state index is 12.2. The fourth-order valence-electron chi connectivity index (χ4n) is 2.71. The van der Waals surface area contributed by atoms with Crippen molar-refractivity contribution in [1.29, 1.82) is 0 Å². The second-order valence-corrected chi connectivity index (χ2v) is 6.86. The smallest absolute Gasteiger partial charge is 0.269 e. The van der Waals surface area contributed by atoms with Crippen molar-refractivity contribution in [1.82, 2.24) is 10.6 Å². The van der Waals surface area contributed by atoms with Crippen LogP contribution < -0.4 is 16.4 Å². The van der Waals surface area contributed by atoms with Crippen LogP contribution in [0, 0.1) is 10.1 Å². The third kappa shape index (κ3) is 3.58. The number of rotatable bonds is 4. The molecule has 1 aliphatic rings. The van der Waals surface area contributed by atoms with E-state index in [1.54, 1.807) is 12.1 Å². The SMILES string of the molecule is NC(=O)C1=C(c2ccc(Br)cc2)NC(=S)NC1c1ccc([N+](=O)[O-])cc1. The maximum Gasteiger partial charge on any atom is 0.269 e. The Morgan fingerprint density at radius 1 is 1.15 bits per heavy atom. The van der Waals surface area contributed by atoms with Crippen LogP contribution >= 0.6 is 28.1 Å². The molecule has 1 atom stereocenters. The zero-order valence-electron chi connectivity index (χ0n) is 13.2. The van der Waals surface area contributed by atoms with Gasteiger partial charge in [-0.3, -0.25) is 14.9 Å². The van der Waals surface area contributed by atoms with Crippen LogP contribution in [0.25, 0.3) is 5.70 Å². The van der Waals surface area contributed by atoms with Crippen molar-refractivity contribution >= 4 is 50.6 Å². The van der Waals surface area contributed by atoms with E-state index in [0.717, 1.165) is 10.0 Å². The van der Waals surface area contributed by atoms with E-state index in [0.29, 0.717) is 21.9 Å². The van der Waals surface area contributed by atoms with Gasteiger partial charge in [0.1, 0.15) is 0 Å². The number of carbonyl (C=O) groups is 1. The predicted molar refractivity (Wildman–Crippen MR) is 105 cm³/mol. The molecule has 2 aromatic rings. The van der Waals surface area contributed by atoms with Crippen LogP contribution in [0.3, 0.4) is 0 Å². The standard InChI is InChI=1S/C17H13BrN4O3S/c18-11-5-1-9(2-6-11)14-13(16(19)23)15(21-17(26)20-14)10-3-7-12(8-4-10)22(24)25/h1-8,15H,(H2,19,23)(H2,20,21,26). The molecule has 9 heteroatoms. The van der Waals surface area contributed by atoms with Crippen molar-refractivity contribution in [3.05, 3.63) is 79.8 Å². The second kappa shape index (κ2) is 7.22. The summed E-state index contributed by atoms with van der Waals surface area (Å²) in [6.45, 7) is 0. The van der Waals surface area contributed by atoms with E-state index in [1.807, 2.05) is 24.3 Å². The monoisotopic (exact) mass is 432 g/mol. The van der Waals surface area contributed by atoms with Crippen LogP contribution in [-0.4, -0.2) is 15.9 Å². The number of benzene rings is 2. The summed E-state index contributed by atoms with van der Waals surface area (Å²) in [5, 5.41) is 17.2. The summed E-state index contributed by atoms with van der Waals surface area (Å²) >= 11 is 8.64. The van der Waals surface area contributed by atoms with E-state index < -0.39 is 16.9 Å². The lowest BCUT2D eigenvalue weighted by atomic mass is 9.92. The average Bonchev–Trinajstić information content (AvgIpc) is 2.61. The van der Waals surface area contributed by atoms with Crippen molar-refractivity contribution in [3.63, 3.8) is 0 Å². The minimum atomic E-state index is -0.617. The number of hydrogen-bond acceptors (Lipinski definition) is 4. The average molecular weight is 433 g/mol. The number of carbonyl (C=O) groups excluding carboxylic acids is 1. The third-order valence-electron chi connectivity index (χ3n) is 3.91. The van der Waals surface area contributed by atoms with Gasteiger partial charge >= 0.3 is 0 Å². The molecule has 0 bridgehead atoms. The highest BCUT2D eigenvalue weighted by Crippen LogP contribution is 2.32. The van der Waals surface area contributed by atoms with Gasteiger partial charge in [0.2, 0.25) is 5.91 Å². The van der Waals surface area contributed by atoms with Gasteiger partial charge < -0.3 is 16.4 Å². The molecule has 0 aliphatic carbocycles. The van der Waals surface area contributed by atoms with Gasteiger partial charge in [-0.2, -0.15) is 0 Å². The predicted octanol–water partition coefficient (Wildman–Crippen LogP) is 2.77. The lowest BCUT2D eigenvalue weighted by Gasteiger charge is -2.31. The fraction of sp³-hybridized carbons (Fsp3) is 0.0588. The fourth-order valence-corrected chi connectivity index (χ4v) is 3.20. The number of nitrogens with two attached hydrogens (primary N) is 1. The van der Waals surface area contributed by atoms with Gasteiger partial charge in [0.05, 0.1) is 22.2 Å². The van der Waals surface area contributed by atoms with E-state index in [4.69, 9.17) is 18.0 Å². The quantitative estimate of drug-likeness (QED) is 0.389. The summed E-state index contributed by atoms with van der Waals surface area (Å²) in [5.74, 6) is -0.617. The van der Waals surface area contributed by atoms with Crippen molar-refractivity contribution < 1.29 is 9.72 Å². The van der Waals surface area contributed by atoms with Gasteiger partial charge in [-0.15, -0.1) is 0 Å². The summed E-state index contributed by atoms with van der Waals surface area (Å²) in [5.41, 5.74) is 7.80. The van der Waals surface area contributed by atoms with Gasteiger partial charge in [-0.25, -0.2) is 0 Å². The zero-order valence-corrected chi connectivity index (χ0v) is 15.6. The second-order valence-electron chi connectivity index (χ2n) is 5.54. The number of nitro benzene ring substituents is 1. The molecular weight excluding hydrogens is 420 g/mol. The Morgan fingerprint density at radius 2 is 1.77 bits per heavy atom. The first-order chi connectivity index (χ1) is 12.4. The van der Waals surface area contributed by atoms with E-state index in [1.165, 1.54) is 12.1 Å². The van der Waals surface area contributed by atoms with E-state index >= 15 is 0 Å². The Labute approximate surface area is 162 Å². The number of nitro groups is 1. The number of nitrogens with one attached hydrogen (secondary N) is 2. The van der Waals surface area contributed by atoms with Crippen LogP contribution in [-0.2, 0) is 4.79 Å². The zero-order chi connectivity index (χ0) is 18.8. The highest BCUT2D eigenvalue weighted by Gasteiger charge is 2.31. The lowest BCUT2D eigenvalue weighted by molar-refractivity contribution is -0.384. The Balaban J connectivity index is 2.12. The van der Waals surface area contributed by atoms with Crippen LogP contribution in [0.4, 0.5) is 5.69 Å². The number of halogens is 1. The molecule has 2 aromatic carbocycles. The summed E-state index contributed by atoms with van der Waals surface area (Å²) in [6, 6.07) is 12.6. The third-order valence-corrected chi connectivity index (χ3v) is 4.66. The lowest BCUT2D eigenvalue weighted by Crippen LogP contribution is -2.46. The first-order valence-electron chi connectivity index (χ1n) is 7.48. The largest absolute Gasteiger partial charge is 0.366 e. The highest BCUT2D eigenvalue weighted by atomic mass is 79.9. The van der Waals surface area contributed by atoms with Crippen molar-refractivity contribution in [3.8, 4) is 0 Å². The maximum atomic E-state index is 12.2. The molecule has 26 heavy (non-hydrogen) atoms. The van der Waals surface area contributed by atoms with Crippen LogP contribution in [0.2, 0.25) is 0 Å². The van der Waals surface area contributed by atoms with E-state index in [9.17, 15) is 14.9 Å². The van der Waals surface area contributed by atoms with Gasteiger partial charge in [0.25, 0.3) is 5.69 Å². The van der Waals surface area contributed by atoms with E-state index in [-0.39, 0.29) is 5.69 Å². The summed E-state index contributed by atoms with van der Waals surface area (Å²) < 4.78 is 0.894.